The highest BCUT2D eigenvalue weighted by Crippen LogP contribution is 2.18. The molecule has 0 aliphatic carbocycles. The van der Waals surface area contributed by atoms with Crippen LogP contribution < -0.4 is 5.32 Å². The van der Waals surface area contributed by atoms with Gasteiger partial charge in [-0.15, -0.1) is 11.3 Å². The smallest absolute Gasteiger partial charge is 0.224 e. The molecule has 1 aromatic carbocycles. The number of carbonyl (C=O) groups excluding carboxylic acids is 1. The maximum absolute atomic E-state index is 12.0. The Morgan fingerprint density at radius 3 is 3.05 bits per heavy atom. The predicted octanol–water partition coefficient (Wildman–Crippen LogP) is 2.79. The van der Waals surface area contributed by atoms with Gasteiger partial charge in [0, 0.05) is 22.0 Å². The van der Waals surface area contributed by atoms with Crippen LogP contribution in [0.4, 0.5) is 0 Å². The first kappa shape index (κ1) is 12.9. The molecule has 0 aliphatic heterocycles. The molecule has 4 nitrogen and oxygen atoms in total. The Bertz CT molecular complexity index is 744. The number of aryl methyl sites for hydroxylation is 1. The lowest BCUT2D eigenvalue weighted by atomic mass is 10.1. The second-order valence-corrected chi connectivity index (χ2v) is 5.61. The van der Waals surface area contributed by atoms with Crippen molar-refractivity contribution in [2.45, 2.75) is 19.9 Å². The zero-order valence-electron chi connectivity index (χ0n) is 11.1. The Kier molecular flexibility index (Phi) is 3.52. The highest BCUT2D eigenvalue weighted by Gasteiger charge is 2.09. The molecule has 1 amide bonds. The molecule has 0 saturated heterocycles. The minimum Gasteiger partial charge on any atom is -0.361 e. The van der Waals surface area contributed by atoms with Crippen LogP contribution in [0.5, 0.6) is 0 Å². The number of nitrogens with one attached hydrogen (secondary N) is 2. The molecule has 0 unspecified atom stereocenters. The van der Waals surface area contributed by atoms with E-state index >= 15 is 0 Å². The molecular formula is C15H15N3OS. The number of rotatable bonds is 4. The summed E-state index contributed by atoms with van der Waals surface area (Å²) in [5, 5.41) is 4.05. The number of hydrogen-bond donors (Lipinski definition) is 2. The Labute approximate surface area is 120 Å². The lowest BCUT2D eigenvalue weighted by Gasteiger charge is -2.03. The quantitative estimate of drug-likeness (QED) is 0.774. The number of para-hydroxylation sites is 1. The van der Waals surface area contributed by atoms with E-state index in [0.717, 1.165) is 27.0 Å². The largest absolute Gasteiger partial charge is 0.361 e. The second kappa shape index (κ2) is 5.46. The van der Waals surface area contributed by atoms with Gasteiger partial charge in [0.2, 0.25) is 5.91 Å². The van der Waals surface area contributed by atoms with E-state index in [0.29, 0.717) is 13.0 Å². The highest BCUT2D eigenvalue weighted by molar-refractivity contribution is 7.09. The van der Waals surface area contributed by atoms with Gasteiger partial charge in [0.25, 0.3) is 0 Å². The molecule has 0 saturated carbocycles. The highest BCUT2D eigenvalue weighted by atomic mass is 32.1. The first-order chi connectivity index (χ1) is 9.74. The van der Waals surface area contributed by atoms with Gasteiger partial charge < -0.3 is 10.3 Å². The summed E-state index contributed by atoms with van der Waals surface area (Å²) < 4.78 is 0. The van der Waals surface area contributed by atoms with Crippen molar-refractivity contribution >= 4 is 28.1 Å². The number of benzene rings is 1. The number of aromatic amines is 1. The van der Waals surface area contributed by atoms with E-state index in [2.05, 4.69) is 15.3 Å². The van der Waals surface area contributed by atoms with E-state index in [1.54, 1.807) is 16.8 Å². The van der Waals surface area contributed by atoms with Crippen LogP contribution in [0.15, 0.2) is 36.0 Å². The molecule has 2 heterocycles. The third kappa shape index (κ3) is 2.58. The third-order valence-corrected chi connectivity index (χ3v) is 4.25. The number of fused-ring (bicyclic) bond motifs is 1. The van der Waals surface area contributed by atoms with Crippen LogP contribution in [-0.2, 0) is 17.8 Å². The normalized spacial score (nSPS) is 10.8. The van der Waals surface area contributed by atoms with Gasteiger partial charge in [-0.05, 0) is 18.6 Å². The maximum Gasteiger partial charge on any atom is 0.224 e. The molecule has 2 aromatic heterocycles. The van der Waals surface area contributed by atoms with E-state index in [9.17, 15) is 4.79 Å². The first-order valence-corrected chi connectivity index (χ1v) is 7.32. The van der Waals surface area contributed by atoms with Gasteiger partial charge >= 0.3 is 0 Å². The van der Waals surface area contributed by atoms with Crippen molar-refractivity contribution in [2.75, 3.05) is 0 Å². The summed E-state index contributed by atoms with van der Waals surface area (Å²) in [7, 11) is 0. The van der Waals surface area contributed by atoms with Crippen LogP contribution in [0.3, 0.4) is 0 Å². The van der Waals surface area contributed by atoms with Crippen LogP contribution in [0, 0.1) is 6.92 Å². The number of carbonyl (C=O) groups is 1. The fourth-order valence-electron chi connectivity index (χ4n) is 2.19. The number of hydrogen-bond acceptors (Lipinski definition) is 3. The van der Waals surface area contributed by atoms with Crippen molar-refractivity contribution in [3.63, 3.8) is 0 Å². The minimum atomic E-state index is 0.0301. The topological polar surface area (TPSA) is 57.8 Å². The summed E-state index contributed by atoms with van der Waals surface area (Å²) in [4.78, 5) is 20.5. The number of H-pyrrole nitrogens is 1. The van der Waals surface area contributed by atoms with Crippen LogP contribution >= 0.6 is 11.3 Å². The molecule has 0 fully saturated rings. The fourth-order valence-corrected chi connectivity index (χ4v) is 2.90. The Balaban J connectivity index is 1.66. The van der Waals surface area contributed by atoms with Gasteiger partial charge in [0.15, 0.2) is 0 Å². The summed E-state index contributed by atoms with van der Waals surface area (Å²) >= 11 is 1.57. The van der Waals surface area contributed by atoms with Crippen LogP contribution in [0.25, 0.3) is 10.9 Å². The zero-order chi connectivity index (χ0) is 13.9. The standard InChI is InChI=1S/C15H15N3OS/c1-10-14(20-9-18-10)8-17-15(19)6-11-7-16-13-5-3-2-4-12(11)13/h2-5,7,9,16H,6,8H2,1H3,(H,17,19). The molecule has 3 aromatic rings. The Hall–Kier alpha value is -2.14. The van der Waals surface area contributed by atoms with Crippen molar-refractivity contribution in [3.8, 4) is 0 Å². The number of nitrogens with zero attached hydrogens (tertiary/aromatic N) is 1. The summed E-state index contributed by atoms with van der Waals surface area (Å²) in [6.07, 6.45) is 2.30. The molecular weight excluding hydrogens is 270 g/mol. The number of aromatic nitrogens is 2. The second-order valence-electron chi connectivity index (χ2n) is 4.67. The monoisotopic (exact) mass is 285 g/mol. The molecule has 2 N–H and O–H groups in total. The van der Waals surface area contributed by atoms with Crippen LogP contribution in [0.2, 0.25) is 0 Å². The molecule has 0 spiro atoms. The zero-order valence-corrected chi connectivity index (χ0v) is 12.0. The maximum atomic E-state index is 12.0. The van der Waals surface area contributed by atoms with Gasteiger partial charge in [0.1, 0.15) is 0 Å². The molecule has 3 rings (SSSR count). The minimum absolute atomic E-state index is 0.0301. The Morgan fingerprint density at radius 1 is 1.40 bits per heavy atom. The third-order valence-electron chi connectivity index (χ3n) is 3.32. The average molecular weight is 285 g/mol. The van der Waals surface area contributed by atoms with Gasteiger partial charge in [-0.25, -0.2) is 4.98 Å². The molecule has 5 heteroatoms. The lowest BCUT2D eigenvalue weighted by molar-refractivity contribution is -0.120. The lowest BCUT2D eigenvalue weighted by Crippen LogP contribution is -2.24. The molecule has 0 atom stereocenters. The van der Waals surface area contributed by atoms with E-state index < -0.39 is 0 Å². The summed E-state index contributed by atoms with van der Waals surface area (Å²) in [5.74, 6) is 0.0301. The van der Waals surface area contributed by atoms with Crippen LogP contribution in [-0.4, -0.2) is 15.9 Å². The first-order valence-electron chi connectivity index (χ1n) is 6.44. The summed E-state index contributed by atoms with van der Waals surface area (Å²) in [5.41, 5.74) is 4.88. The van der Waals surface area contributed by atoms with E-state index in [4.69, 9.17) is 0 Å². The molecule has 0 radical (unpaired) electrons. The molecule has 20 heavy (non-hydrogen) atoms. The van der Waals surface area contributed by atoms with Crippen molar-refractivity contribution in [3.05, 3.63) is 52.1 Å². The number of amides is 1. The summed E-state index contributed by atoms with van der Waals surface area (Å²) in [6.45, 7) is 2.51. The van der Waals surface area contributed by atoms with Crippen molar-refractivity contribution in [1.29, 1.82) is 0 Å². The SMILES string of the molecule is Cc1ncsc1CNC(=O)Cc1c[nH]c2ccccc12. The van der Waals surface area contributed by atoms with Gasteiger partial charge in [-0.3, -0.25) is 4.79 Å². The fraction of sp³-hybridized carbons (Fsp3) is 0.200. The van der Waals surface area contributed by atoms with Gasteiger partial charge in [-0.1, -0.05) is 18.2 Å². The number of thiazole rings is 1. The average Bonchev–Trinajstić information content (AvgIpc) is 3.04. The van der Waals surface area contributed by atoms with Gasteiger partial charge in [0.05, 0.1) is 24.2 Å². The molecule has 0 aliphatic rings. The Morgan fingerprint density at radius 2 is 2.25 bits per heavy atom. The molecule has 0 bridgehead atoms. The van der Waals surface area contributed by atoms with E-state index in [-0.39, 0.29) is 5.91 Å². The predicted molar refractivity (Wildman–Crippen MR) is 80.7 cm³/mol. The van der Waals surface area contributed by atoms with E-state index in [1.165, 1.54) is 0 Å². The van der Waals surface area contributed by atoms with Gasteiger partial charge in [-0.2, -0.15) is 0 Å². The van der Waals surface area contributed by atoms with E-state index in [1.807, 2.05) is 37.4 Å². The van der Waals surface area contributed by atoms with Crippen molar-refractivity contribution < 1.29 is 4.79 Å². The van der Waals surface area contributed by atoms with Crippen LogP contribution in [0.1, 0.15) is 16.1 Å². The van der Waals surface area contributed by atoms with Crippen molar-refractivity contribution in [1.82, 2.24) is 15.3 Å². The van der Waals surface area contributed by atoms with Crippen molar-refractivity contribution in [2.24, 2.45) is 0 Å². The molecule has 102 valence electrons. The summed E-state index contributed by atoms with van der Waals surface area (Å²) in [6, 6.07) is 8.01.